The van der Waals surface area contributed by atoms with Crippen molar-refractivity contribution in [2.24, 2.45) is 4.99 Å². The zero-order valence-electron chi connectivity index (χ0n) is 20.7. The Morgan fingerprint density at radius 3 is 2.62 bits per heavy atom. The minimum absolute atomic E-state index is 0.126. The van der Waals surface area contributed by atoms with Gasteiger partial charge in [0.2, 0.25) is 5.75 Å². The lowest BCUT2D eigenvalue weighted by atomic mass is 9.95. The maximum Gasteiger partial charge on any atom is 0.312 e. The molecule has 10 heteroatoms. The highest BCUT2D eigenvalue weighted by molar-refractivity contribution is 9.10. The van der Waals surface area contributed by atoms with Crippen LogP contribution in [0.1, 0.15) is 44.8 Å². The first-order chi connectivity index (χ1) is 18.9. The van der Waals surface area contributed by atoms with Crippen molar-refractivity contribution in [3.8, 4) is 5.75 Å². The number of halogens is 2. The van der Waals surface area contributed by atoms with Gasteiger partial charge in [0.15, 0.2) is 0 Å². The van der Waals surface area contributed by atoms with Crippen molar-refractivity contribution < 1.29 is 14.5 Å². The highest BCUT2D eigenvalue weighted by Gasteiger charge is 2.26. The number of nitrogens with zero attached hydrogens (tertiary/aromatic N) is 2. The van der Waals surface area contributed by atoms with Crippen LogP contribution >= 0.6 is 38.9 Å². The van der Waals surface area contributed by atoms with Gasteiger partial charge in [-0.2, -0.15) is 0 Å². The summed E-state index contributed by atoms with van der Waals surface area (Å²) in [6.07, 6.45) is 5.40. The fourth-order valence-corrected chi connectivity index (χ4v) is 6.35. The van der Waals surface area contributed by atoms with Gasteiger partial charge in [-0.15, -0.1) is 11.3 Å². The molecule has 0 radical (unpaired) electrons. The largest absolute Gasteiger partial charge is 0.481 e. The Hall–Kier alpha value is -3.53. The third kappa shape index (κ3) is 6.38. The van der Waals surface area contributed by atoms with Gasteiger partial charge in [-0.25, -0.2) is 4.99 Å². The van der Waals surface area contributed by atoms with Crippen molar-refractivity contribution >= 4 is 67.4 Å². The topological polar surface area (TPSA) is 93.8 Å². The second-order valence-electron chi connectivity index (χ2n) is 8.99. The summed E-state index contributed by atoms with van der Waals surface area (Å²) in [5, 5.41) is 16.1. The molecule has 0 bridgehead atoms. The number of anilines is 1. The summed E-state index contributed by atoms with van der Waals surface area (Å²) in [5.74, 6) is -0.0764. The fraction of sp³-hybridized carbons (Fsp3) is 0.172. The van der Waals surface area contributed by atoms with Gasteiger partial charge >= 0.3 is 5.69 Å². The van der Waals surface area contributed by atoms with Crippen LogP contribution in [-0.2, 0) is 19.4 Å². The van der Waals surface area contributed by atoms with E-state index in [0.717, 1.165) is 36.8 Å². The monoisotopic (exact) mass is 623 g/mol. The van der Waals surface area contributed by atoms with Gasteiger partial charge in [0, 0.05) is 33.4 Å². The number of para-hydroxylation sites is 1. The second-order valence-corrected chi connectivity index (χ2v) is 11.4. The molecule has 4 aromatic rings. The first-order valence-corrected chi connectivity index (χ1v) is 14.3. The maximum absolute atomic E-state index is 13.3. The Morgan fingerprint density at radius 2 is 1.87 bits per heavy atom. The Bertz CT molecular complexity index is 1560. The summed E-state index contributed by atoms with van der Waals surface area (Å²) in [6.45, 7) is 0.144. The van der Waals surface area contributed by atoms with Crippen LogP contribution in [0.5, 0.6) is 5.75 Å². The number of benzene rings is 3. The normalized spacial score (nSPS) is 12.8. The van der Waals surface area contributed by atoms with Crippen LogP contribution in [0.15, 0.2) is 76.2 Å². The van der Waals surface area contributed by atoms with Gasteiger partial charge in [0.25, 0.3) is 5.91 Å². The lowest BCUT2D eigenvalue weighted by molar-refractivity contribution is -0.386. The molecular weight excluding hydrogens is 602 g/mol. The Labute approximate surface area is 242 Å². The molecule has 198 valence electrons. The van der Waals surface area contributed by atoms with Crippen LogP contribution in [0.2, 0.25) is 5.02 Å². The first kappa shape index (κ1) is 27.1. The Kier molecular flexibility index (Phi) is 8.40. The van der Waals surface area contributed by atoms with Crippen LogP contribution in [-0.4, -0.2) is 17.0 Å². The molecule has 5 rings (SSSR count). The number of aryl methyl sites for hydroxylation is 1. The van der Waals surface area contributed by atoms with E-state index in [4.69, 9.17) is 16.3 Å². The molecule has 0 saturated carbocycles. The molecule has 3 aromatic carbocycles. The molecule has 1 aromatic heterocycles. The third-order valence-electron chi connectivity index (χ3n) is 6.28. The van der Waals surface area contributed by atoms with E-state index < -0.39 is 4.92 Å². The molecule has 1 aliphatic carbocycles. The molecule has 0 saturated heterocycles. The maximum atomic E-state index is 13.3. The van der Waals surface area contributed by atoms with Crippen LogP contribution in [0, 0.1) is 10.1 Å². The molecular formula is C29H23BrClN3O4S. The SMILES string of the molecule is O=C(Nc1ccccc1)c1c(N=Cc2cc(Br)c(OCc3ccc(Cl)cc3)c([N+](=O)[O-])c2)sc2c1CCCC2. The smallest absolute Gasteiger partial charge is 0.312 e. The molecule has 0 spiro atoms. The number of rotatable bonds is 8. The van der Waals surface area contributed by atoms with Gasteiger partial charge < -0.3 is 10.1 Å². The lowest BCUT2D eigenvalue weighted by Crippen LogP contribution is -2.14. The number of fused-ring (bicyclic) bond motifs is 1. The number of nitro benzene ring substituents is 1. The predicted octanol–water partition coefficient (Wildman–Crippen LogP) is 8.53. The van der Waals surface area contributed by atoms with Crippen molar-refractivity contribution in [2.75, 3.05) is 5.32 Å². The molecule has 0 fully saturated rings. The third-order valence-corrected chi connectivity index (χ3v) is 8.32. The standard InChI is InChI=1S/C29H23BrClN3O4S/c30-23-14-19(15-24(34(36)37)27(23)38-17-18-10-12-20(31)13-11-18)16-32-29-26(22-8-4-5-9-25(22)39-29)28(35)33-21-6-2-1-3-7-21/h1-3,6-7,10-16H,4-5,8-9,17H2,(H,33,35). The van der Waals surface area contributed by atoms with Gasteiger partial charge in [0.1, 0.15) is 11.6 Å². The van der Waals surface area contributed by atoms with E-state index in [2.05, 4.69) is 26.2 Å². The number of aliphatic imine (C=N–C) groups is 1. The summed E-state index contributed by atoms with van der Waals surface area (Å²) in [4.78, 5) is 30.6. The molecule has 0 unspecified atom stereocenters. The predicted molar refractivity (Wildman–Crippen MR) is 159 cm³/mol. The van der Waals surface area contributed by atoms with E-state index in [1.54, 1.807) is 36.5 Å². The molecule has 1 N–H and O–H groups in total. The summed E-state index contributed by atoms with van der Waals surface area (Å²) in [7, 11) is 0. The van der Waals surface area contributed by atoms with E-state index in [9.17, 15) is 14.9 Å². The minimum atomic E-state index is -0.484. The zero-order chi connectivity index (χ0) is 27.4. The summed E-state index contributed by atoms with van der Waals surface area (Å²) in [5.41, 5.74) is 3.48. The molecule has 1 heterocycles. The second kappa shape index (κ2) is 12.1. The molecule has 7 nitrogen and oxygen atoms in total. The van der Waals surface area contributed by atoms with Crippen LogP contribution < -0.4 is 10.1 Å². The lowest BCUT2D eigenvalue weighted by Gasteiger charge is -2.12. The molecule has 0 atom stereocenters. The Morgan fingerprint density at radius 1 is 1.13 bits per heavy atom. The Balaban J connectivity index is 1.43. The highest BCUT2D eigenvalue weighted by atomic mass is 79.9. The summed E-state index contributed by atoms with van der Waals surface area (Å²) in [6, 6.07) is 19.5. The number of amides is 1. The highest BCUT2D eigenvalue weighted by Crippen LogP contribution is 2.41. The van der Waals surface area contributed by atoms with Gasteiger partial charge in [-0.3, -0.25) is 14.9 Å². The molecule has 1 aliphatic rings. The van der Waals surface area contributed by atoms with E-state index in [-0.39, 0.29) is 24.0 Å². The molecule has 0 aliphatic heterocycles. The van der Waals surface area contributed by atoms with Crippen molar-refractivity contribution in [3.05, 3.63) is 113 Å². The quantitative estimate of drug-likeness (QED) is 0.121. The van der Waals surface area contributed by atoms with Crippen molar-refractivity contribution in [3.63, 3.8) is 0 Å². The van der Waals surface area contributed by atoms with Gasteiger partial charge in [-0.1, -0.05) is 41.9 Å². The first-order valence-electron chi connectivity index (χ1n) is 12.3. The van der Waals surface area contributed by atoms with Crippen molar-refractivity contribution in [1.29, 1.82) is 0 Å². The van der Waals surface area contributed by atoms with Crippen molar-refractivity contribution in [2.45, 2.75) is 32.3 Å². The van der Waals surface area contributed by atoms with Crippen LogP contribution in [0.25, 0.3) is 0 Å². The number of hydrogen-bond acceptors (Lipinski definition) is 6. The van der Waals surface area contributed by atoms with Crippen LogP contribution in [0.3, 0.4) is 0 Å². The van der Waals surface area contributed by atoms with E-state index in [1.807, 2.05) is 30.3 Å². The van der Waals surface area contributed by atoms with Gasteiger partial charge in [-0.05, 0) is 83.1 Å². The minimum Gasteiger partial charge on any atom is -0.481 e. The number of nitrogens with one attached hydrogen (secondary N) is 1. The number of thiophene rings is 1. The number of ether oxygens (including phenoxy) is 1. The average Bonchev–Trinajstić information content (AvgIpc) is 3.31. The van der Waals surface area contributed by atoms with E-state index in [0.29, 0.717) is 31.3 Å². The van der Waals surface area contributed by atoms with Gasteiger partial charge in [0.05, 0.1) is 15.0 Å². The fourth-order valence-electron chi connectivity index (χ4n) is 4.41. The van der Waals surface area contributed by atoms with Crippen molar-refractivity contribution in [1.82, 2.24) is 0 Å². The summed E-state index contributed by atoms with van der Waals surface area (Å²) >= 11 is 10.9. The van der Waals surface area contributed by atoms with E-state index in [1.165, 1.54) is 22.3 Å². The molecule has 1 amide bonds. The number of nitro groups is 1. The zero-order valence-corrected chi connectivity index (χ0v) is 23.8. The summed E-state index contributed by atoms with van der Waals surface area (Å²) < 4.78 is 6.24. The molecule has 39 heavy (non-hydrogen) atoms. The van der Waals surface area contributed by atoms with Crippen LogP contribution in [0.4, 0.5) is 16.4 Å². The number of carbonyl (C=O) groups excluding carboxylic acids is 1. The number of hydrogen-bond donors (Lipinski definition) is 1. The number of carbonyl (C=O) groups is 1. The van der Waals surface area contributed by atoms with E-state index >= 15 is 0 Å². The average molecular weight is 625 g/mol.